The molecular weight excluding hydrogens is 410 g/mol. The second-order valence-corrected chi connectivity index (χ2v) is 8.06. The predicted molar refractivity (Wildman–Crippen MR) is 116 cm³/mol. The molecule has 3 aromatic rings. The first kappa shape index (κ1) is 21.7. The number of hydrogen-bond donors (Lipinski definition) is 3. The summed E-state index contributed by atoms with van der Waals surface area (Å²) >= 11 is 0. The van der Waals surface area contributed by atoms with E-state index in [4.69, 9.17) is 9.90 Å². The number of amides is 1. The minimum Gasteiger partial charge on any atom is -0.483 e. The Morgan fingerprint density at radius 3 is 2.47 bits per heavy atom. The van der Waals surface area contributed by atoms with Crippen molar-refractivity contribution in [1.82, 2.24) is 14.7 Å². The van der Waals surface area contributed by atoms with Gasteiger partial charge in [-0.05, 0) is 35.6 Å². The number of likely N-dealkylation sites (tertiary alicyclic amines) is 1. The van der Waals surface area contributed by atoms with Crippen LogP contribution in [0.25, 0.3) is 5.69 Å². The van der Waals surface area contributed by atoms with E-state index in [1.54, 1.807) is 28.0 Å². The van der Waals surface area contributed by atoms with Gasteiger partial charge in [0.25, 0.3) is 12.4 Å². The SMILES string of the molecule is O=C(c1ccccc1-n1cccn1)N1C[C@H](O)[C@@]2(C1)[C@H](CO)[C@H]2c1ccccc1.O=CO. The predicted octanol–water partition coefficient (Wildman–Crippen LogP) is 1.78. The number of carbonyl (C=O) groups is 2. The largest absolute Gasteiger partial charge is 0.483 e. The zero-order valence-corrected chi connectivity index (χ0v) is 17.4. The van der Waals surface area contributed by atoms with Crippen molar-refractivity contribution in [3.63, 3.8) is 0 Å². The maximum Gasteiger partial charge on any atom is 0.290 e. The van der Waals surface area contributed by atoms with E-state index in [-0.39, 0.29) is 37.4 Å². The Balaban J connectivity index is 0.000000775. The molecule has 0 bridgehead atoms. The van der Waals surface area contributed by atoms with Crippen LogP contribution in [0.4, 0.5) is 0 Å². The van der Waals surface area contributed by atoms with Crippen LogP contribution in [0.5, 0.6) is 0 Å². The molecule has 5 rings (SSSR count). The van der Waals surface area contributed by atoms with Crippen LogP contribution in [0, 0.1) is 11.3 Å². The van der Waals surface area contributed by atoms with Gasteiger partial charge in [0.1, 0.15) is 0 Å². The molecule has 0 unspecified atom stereocenters. The van der Waals surface area contributed by atoms with E-state index in [0.29, 0.717) is 17.8 Å². The van der Waals surface area contributed by atoms with Crippen molar-refractivity contribution >= 4 is 12.4 Å². The first-order chi connectivity index (χ1) is 15.6. The number of aliphatic hydroxyl groups is 2. The lowest BCUT2D eigenvalue weighted by Gasteiger charge is -2.18. The fraction of sp³-hybridized carbons (Fsp3) is 0.292. The Labute approximate surface area is 185 Å². The van der Waals surface area contributed by atoms with Crippen molar-refractivity contribution in [3.8, 4) is 5.69 Å². The van der Waals surface area contributed by atoms with Crippen LogP contribution in [0.15, 0.2) is 73.1 Å². The third-order valence-corrected chi connectivity index (χ3v) is 6.57. The number of para-hydroxylation sites is 1. The molecule has 1 aliphatic heterocycles. The maximum atomic E-state index is 13.4. The highest BCUT2D eigenvalue weighted by molar-refractivity contribution is 5.98. The fourth-order valence-electron chi connectivity index (χ4n) is 5.16. The molecule has 32 heavy (non-hydrogen) atoms. The number of benzene rings is 2. The Morgan fingerprint density at radius 1 is 1.12 bits per heavy atom. The average Bonchev–Trinajstić information content (AvgIpc) is 3.10. The molecule has 1 spiro atoms. The van der Waals surface area contributed by atoms with Crippen LogP contribution >= 0.6 is 0 Å². The van der Waals surface area contributed by atoms with Gasteiger partial charge in [-0.1, -0.05) is 42.5 Å². The quantitative estimate of drug-likeness (QED) is 0.538. The second kappa shape index (κ2) is 8.94. The number of carboxylic acid groups (broad SMARTS) is 1. The summed E-state index contributed by atoms with van der Waals surface area (Å²) < 4.78 is 1.68. The Hall–Kier alpha value is -3.49. The molecule has 3 N–H and O–H groups in total. The van der Waals surface area contributed by atoms with E-state index in [1.807, 2.05) is 54.6 Å². The van der Waals surface area contributed by atoms with Gasteiger partial charge in [0.2, 0.25) is 0 Å². The van der Waals surface area contributed by atoms with Crippen LogP contribution in [-0.2, 0) is 4.79 Å². The Bertz CT molecular complexity index is 1070. The summed E-state index contributed by atoms with van der Waals surface area (Å²) in [6, 6.07) is 19.2. The Kier molecular flexibility index (Phi) is 6.07. The molecule has 8 nitrogen and oxygen atoms in total. The molecule has 2 fully saturated rings. The third-order valence-electron chi connectivity index (χ3n) is 6.57. The van der Waals surface area contributed by atoms with E-state index in [2.05, 4.69) is 5.10 Å². The van der Waals surface area contributed by atoms with Gasteiger partial charge in [0.15, 0.2) is 0 Å². The van der Waals surface area contributed by atoms with Crippen molar-refractivity contribution in [1.29, 1.82) is 0 Å². The number of β-amino-alcohol motifs (C(OH)–C–C–N with tert-alkyl or cyclic N) is 1. The zero-order valence-electron chi connectivity index (χ0n) is 17.4. The van der Waals surface area contributed by atoms with Crippen molar-refractivity contribution < 1.29 is 24.9 Å². The van der Waals surface area contributed by atoms with Crippen molar-refractivity contribution in [2.75, 3.05) is 19.7 Å². The molecule has 8 heteroatoms. The van der Waals surface area contributed by atoms with Gasteiger partial charge in [-0.25, -0.2) is 4.68 Å². The smallest absolute Gasteiger partial charge is 0.290 e. The fourth-order valence-corrected chi connectivity index (χ4v) is 5.16. The van der Waals surface area contributed by atoms with Crippen LogP contribution in [0.2, 0.25) is 0 Å². The second-order valence-electron chi connectivity index (χ2n) is 8.06. The first-order valence-electron chi connectivity index (χ1n) is 10.4. The minimum absolute atomic E-state index is 0.00251. The third kappa shape index (κ3) is 3.57. The van der Waals surface area contributed by atoms with Crippen molar-refractivity contribution in [2.24, 2.45) is 11.3 Å². The standard InChI is InChI=1S/C23H23N3O3.CH2O2/c27-14-18-21(16-7-2-1-3-8-16)23(18)15-25(13-20(23)28)22(29)17-9-4-5-10-19(17)26-12-6-11-24-26;2-1-3/h1-12,18,20-21,27-28H,13-15H2;1H,(H,2,3)/t18-,20+,21-,23-;/m1./s1. The number of aromatic nitrogens is 2. The molecule has 1 saturated heterocycles. The summed E-state index contributed by atoms with van der Waals surface area (Å²) in [4.78, 5) is 23.5. The summed E-state index contributed by atoms with van der Waals surface area (Å²) in [5.74, 6) is -0.107. The summed E-state index contributed by atoms with van der Waals surface area (Å²) in [5, 5.41) is 32.1. The maximum absolute atomic E-state index is 13.4. The van der Waals surface area contributed by atoms with E-state index in [9.17, 15) is 15.0 Å². The van der Waals surface area contributed by atoms with Crippen LogP contribution in [0.1, 0.15) is 21.8 Å². The highest BCUT2D eigenvalue weighted by atomic mass is 16.3. The number of nitrogens with zero attached hydrogens (tertiary/aromatic N) is 3. The van der Waals surface area contributed by atoms with E-state index < -0.39 is 11.5 Å². The molecule has 1 aliphatic carbocycles. The van der Waals surface area contributed by atoms with Gasteiger partial charge in [-0.2, -0.15) is 5.10 Å². The number of aliphatic hydroxyl groups excluding tert-OH is 2. The van der Waals surface area contributed by atoms with Crippen LogP contribution in [-0.4, -0.2) is 68.2 Å². The van der Waals surface area contributed by atoms with Crippen LogP contribution in [0.3, 0.4) is 0 Å². The summed E-state index contributed by atoms with van der Waals surface area (Å²) in [6.07, 6.45) is 2.82. The monoisotopic (exact) mass is 435 g/mol. The summed E-state index contributed by atoms with van der Waals surface area (Å²) in [6.45, 7) is 0.458. The van der Waals surface area contributed by atoms with E-state index >= 15 is 0 Å². The lowest BCUT2D eigenvalue weighted by atomic mass is 9.95. The molecular formula is C24H25N3O5. The average molecular weight is 435 g/mol. The van der Waals surface area contributed by atoms with Crippen molar-refractivity contribution in [3.05, 3.63) is 84.2 Å². The van der Waals surface area contributed by atoms with Gasteiger partial charge in [-0.15, -0.1) is 0 Å². The summed E-state index contributed by atoms with van der Waals surface area (Å²) in [5.41, 5.74) is 1.90. The zero-order chi connectivity index (χ0) is 22.7. The highest BCUT2D eigenvalue weighted by Crippen LogP contribution is 2.68. The molecule has 2 aromatic carbocycles. The molecule has 2 heterocycles. The molecule has 1 saturated carbocycles. The Morgan fingerprint density at radius 2 is 1.81 bits per heavy atom. The van der Waals surface area contributed by atoms with Gasteiger partial charge in [-0.3, -0.25) is 9.59 Å². The molecule has 2 aliphatic rings. The number of hydrogen-bond acceptors (Lipinski definition) is 5. The number of rotatable bonds is 4. The lowest BCUT2D eigenvalue weighted by molar-refractivity contribution is -0.122. The molecule has 1 amide bonds. The molecule has 0 radical (unpaired) electrons. The van der Waals surface area contributed by atoms with Gasteiger partial charge >= 0.3 is 0 Å². The summed E-state index contributed by atoms with van der Waals surface area (Å²) in [7, 11) is 0. The normalized spacial score (nSPS) is 25.8. The molecule has 166 valence electrons. The first-order valence-corrected chi connectivity index (χ1v) is 10.4. The lowest BCUT2D eigenvalue weighted by Crippen LogP contribution is -2.30. The van der Waals surface area contributed by atoms with Crippen molar-refractivity contribution in [2.45, 2.75) is 12.0 Å². The van der Waals surface area contributed by atoms with E-state index in [1.165, 1.54) is 0 Å². The van der Waals surface area contributed by atoms with Gasteiger partial charge in [0.05, 0.1) is 17.4 Å². The van der Waals surface area contributed by atoms with Crippen LogP contribution < -0.4 is 0 Å². The molecule has 4 atom stereocenters. The van der Waals surface area contributed by atoms with Gasteiger partial charge < -0.3 is 20.2 Å². The number of carbonyl (C=O) groups excluding carboxylic acids is 1. The highest BCUT2D eigenvalue weighted by Gasteiger charge is 2.71. The van der Waals surface area contributed by atoms with E-state index in [0.717, 1.165) is 5.56 Å². The topological polar surface area (TPSA) is 116 Å². The van der Waals surface area contributed by atoms with Gasteiger partial charge in [0, 0.05) is 37.5 Å². The molecule has 1 aromatic heterocycles. The minimum atomic E-state index is -0.661.